The summed E-state index contributed by atoms with van der Waals surface area (Å²) in [5.41, 5.74) is 19.5. The van der Waals surface area contributed by atoms with Gasteiger partial charge in [-0.1, -0.05) is 0 Å². The highest BCUT2D eigenvalue weighted by atomic mass is 16.4. The highest BCUT2D eigenvalue weighted by molar-refractivity contribution is 5.75. The van der Waals surface area contributed by atoms with Gasteiger partial charge in [0.05, 0.1) is 12.7 Å². The van der Waals surface area contributed by atoms with E-state index in [0.29, 0.717) is 0 Å². The maximum absolute atomic E-state index is 9.99. The van der Waals surface area contributed by atoms with Gasteiger partial charge in [-0.25, -0.2) is 0 Å². The molecular formula is C15H32N4O12. The largest absolute Gasteiger partial charge is 0.481 e. The minimum Gasteiger partial charge on any atom is -0.481 e. The first-order valence-corrected chi connectivity index (χ1v) is 8.36. The Morgan fingerprint density at radius 1 is 0.710 bits per heavy atom. The molecule has 0 aromatic carbocycles. The molecule has 0 spiro atoms. The Morgan fingerprint density at radius 3 is 1.16 bits per heavy atom. The van der Waals surface area contributed by atoms with Gasteiger partial charge in [0.2, 0.25) is 0 Å². The first-order valence-electron chi connectivity index (χ1n) is 8.36. The standard InChI is InChI=1S/C5H9NO4.C4H9NO3.C3H7NO3.C3H7NO2/c6-3(5(9)10)1-2-4(7)8;1-2(6)3(5)4(7)8;4-2(1-5)3(6)7;1-2(4)3(5)6/h3H,1-2,6H2,(H,7,8)(H,9,10);2-3,6H,5H2,1H3,(H,7,8);2,5H,1,4H2,(H,6,7);2H,4H2,1H3,(H,5,6)/t3-;2-,3+;2*2-/m0100/s1. The van der Waals surface area contributed by atoms with Crippen LogP contribution in [0.4, 0.5) is 0 Å². The van der Waals surface area contributed by atoms with Crippen molar-refractivity contribution in [2.45, 2.75) is 57.0 Å². The fourth-order valence-electron chi connectivity index (χ4n) is 0.687. The van der Waals surface area contributed by atoms with Crippen LogP contribution in [0.2, 0.25) is 0 Å². The average Bonchev–Trinajstić information content (AvgIpc) is 2.65. The van der Waals surface area contributed by atoms with Crippen LogP contribution in [0.15, 0.2) is 0 Å². The number of carboxylic acid groups (broad SMARTS) is 5. The number of carbonyl (C=O) groups is 5. The van der Waals surface area contributed by atoms with Crippen LogP contribution in [-0.2, 0) is 24.0 Å². The van der Waals surface area contributed by atoms with Gasteiger partial charge in [-0.05, 0) is 20.3 Å². The van der Waals surface area contributed by atoms with Gasteiger partial charge in [0.25, 0.3) is 0 Å². The molecule has 0 aromatic rings. The predicted molar refractivity (Wildman–Crippen MR) is 104 cm³/mol. The molecule has 0 aliphatic carbocycles. The maximum Gasteiger partial charge on any atom is 0.323 e. The molecule has 0 aliphatic heterocycles. The molecule has 0 fully saturated rings. The first kappa shape index (κ1) is 35.5. The Morgan fingerprint density at radius 2 is 1.06 bits per heavy atom. The van der Waals surface area contributed by atoms with Crippen LogP contribution >= 0.6 is 0 Å². The van der Waals surface area contributed by atoms with Gasteiger partial charge in [0, 0.05) is 6.42 Å². The van der Waals surface area contributed by atoms with Crippen molar-refractivity contribution in [2.75, 3.05) is 6.61 Å². The third-order valence-electron chi connectivity index (χ3n) is 2.69. The second-order valence-corrected chi connectivity index (χ2v) is 5.74. The minimum atomic E-state index is -1.18. The lowest BCUT2D eigenvalue weighted by atomic mass is 10.2. The normalized spacial score (nSPS) is 14.2. The van der Waals surface area contributed by atoms with E-state index in [2.05, 4.69) is 0 Å². The van der Waals surface area contributed by atoms with E-state index in [1.165, 1.54) is 13.8 Å². The smallest absolute Gasteiger partial charge is 0.323 e. The average molecular weight is 460 g/mol. The summed E-state index contributed by atoms with van der Waals surface area (Å²) < 4.78 is 0. The van der Waals surface area contributed by atoms with Crippen LogP contribution in [0.1, 0.15) is 26.7 Å². The number of rotatable bonds is 9. The lowest BCUT2D eigenvalue weighted by molar-refractivity contribution is -0.141. The van der Waals surface area contributed by atoms with Crippen molar-refractivity contribution in [3.63, 3.8) is 0 Å². The summed E-state index contributed by atoms with van der Waals surface area (Å²) >= 11 is 0. The SMILES string of the molecule is C[C@@H](O)[C@H](N)C(=O)O.C[C@H](N)C(=O)O.N[C@@H](CCC(=O)O)C(=O)O.N[C@@H](CO)C(=O)O. The van der Waals surface area contributed by atoms with E-state index in [9.17, 15) is 24.0 Å². The zero-order valence-corrected chi connectivity index (χ0v) is 17.0. The number of aliphatic carboxylic acids is 5. The molecule has 0 bridgehead atoms. The summed E-state index contributed by atoms with van der Waals surface area (Å²) in [5.74, 6) is -5.52. The van der Waals surface area contributed by atoms with Crippen molar-refractivity contribution in [1.29, 1.82) is 0 Å². The number of hydrogen-bond acceptors (Lipinski definition) is 11. The summed E-state index contributed by atoms with van der Waals surface area (Å²) in [7, 11) is 0. The third kappa shape index (κ3) is 29.4. The molecule has 31 heavy (non-hydrogen) atoms. The van der Waals surface area contributed by atoms with Crippen LogP contribution in [-0.4, -0.2) is 102 Å². The van der Waals surface area contributed by atoms with Gasteiger partial charge in [0.15, 0.2) is 0 Å². The van der Waals surface area contributed by atoms with Gasteiger partial charge in [0.1, 0.15) is 24.2 Å². The fourth-order valence-corrected chi connectivity index (χ4v) is 0.687. The van der Waals surface area contributed by atoms with Gasteiger partial charge < -0.3 is 58.7 Å². The van der Waals surface area contributed by atoms with E-state index in [1.54, 1.807) is 0 Å². The minimum absolute atomic E-state index is 0.0231. The van der Waals surface area contributed by atoms with Crippen LogP contribution in [0.3, 0.4) is 0 Å². The van der Waals surface area contributed by atoms with E-state index in [4.69, 9.17) is 58.7 Å². The Hall–Kier alpha value is -2.89. The monoisotopic (exact) mass is 460 g/mol. The summed E-state index contributed by atoms with van der Waals surface area (Å²) in [6.45, 7) is 2.25. The van der Waals surface area contributed by atoms with Crippen molar-refractivity contribution in [2.24, 2.45) is 22.9 Å². The van der Waals surface area contributed by atoms with Crippen LogP contribution < -0.4 is 22.9 Å². The highest BCUT2D eigenvalue weighted by Crippen LogP contribution is 1.93. The zero-order valence-electron chi connectivity index (χ0n) is 17.0. The van der Waals surface area contributed by atoms with E-state index in [-0.39, 0.29) is 12.8 Å². The Labute approximate surface area is 177 Å². The Bertz CT molecular complexity index is 556. The van der Waals surface area contributed by atoms with Crippen LogP contribution in [0, 0.1) is 0 Å². The molecule has 184 valence electrons. The summed E-state index contributed by atoms with van der Waals surface area (Å²) in [5, 5.41) is 56.6. The van der Waals surface area contributed by atoms with E-state index < -0.39 is 66.7 Å². The molecule has 0 radical (unpaired) electrons. The number of aliphatic hydroxyl groups excluding tert-OH is 2. The molecule has 15 N–H and O–H groups in total. The second kappa shape index (κ2) is 20.4. The molecular weight excluding hydrogens is 428 g/mol. The van der Waals surface area contributed by atoms with Gasteiger partial charge in [-0.15, -0.1) is 0 Å². The highest BCUT2D eigenvalue weighted by Gasteiger charge is 2.16. The number of carboxylic acids is 5. The summed E-state index contributed by atoms with van der Waals surface area (Å²) in [4.78, 5) is 48.9. The summed E-state index contributed by atoms with van der Waals surface area (Å²) in [6.07, 6.45) is -1.20. The maximum atomic E-state index is 9.99. The van der Waals surface area contributed by atoms with E-state index >= 15 is 0 Å². The molecule has 0 heterocycles. The lowest BCUT2D eigenvalue weighted by Gasteiger charge is -2.06. The Balaban J connectivity index is -0.000000160. The number of hydrogen-bond donors (Lipinski definition) is 11. The molecule has 0 aromatic heterocycles. The first-order chi connectivity index (χ1) is 13.9. The molecule has 0 rings (SSSR count). The summed E-state index contributed by atoms with van der Waals surface area (Å²) in [6, 6.07) is -4.07. The second-order valence-electron chi connectivity index (χ2n) is 5.74. The molecule has 0 unspecified atom stereocenters. The number of aliphatic hydroxyl groups is 2. The van der Waals surface area contributed by atoms with Crippen molar-refractivity contribution < 1.29 is 59.7 Å². The van der Waals surface area contributed by atoms with Gasteiger partial charge in [-0.3, -0.25) is 24.0 Å². The molecule has 16 heteroatoms. The van der Waals surface area contributed by atoms with E-state index in [1.807, 2.05) is 0 Å². The fraction of sp³-hybridized carbons (Fsp3) is 0.667. The number of nitrogens with two attached hydrogens (primary N) is 4. The van der Waals surface area contributed by atoms with Crippen molar-refractivity contribution >= 4 is 29.8 Å². The van der Waals surface area contributed by atoms with Crippen molar-refractivity contribution in [3.05, 3.63) is 0 Å². The third-order valence-corrected chi connectivity index (χ3v) is 2.69. The molecule has 0 amide bonds. The van der Waals surface area contributed by atoms with Crippen molar-refractivity contribution in [1.82, 2.24) is 0 Å². The molecule has 0 saturated carbocycles. The van der Waals surface area contributed by atoms with Crippen LogP contribution in [0.25, 0.3) is 0 Å². The molecule has 0 saturated heterocycles. The van der Waals surface area contributed by atoms with E-state index in [0.717, 1.165) is 0 Å². The Kier molecular flexibility index (Phi) is 23.4. The lowest BCUT2D eigenvalue weighted by Crippen LogP contribution is -2.39. The van der Waals surface area contributed by atoms with Crippen LogP contribution in [0.5, 0.6) is 0 Å². The van der Waals surface area contributed by atoms with Gasteiger partial charge >= 0.3 is 29.8 Å². The molecule has 5 atom stereocenters. The molecule has 0 aliphatic rings. The predicted octanol–water partition coefficient (Wildman–Crippen LogP) is -4.15. The van der Waals surface area contributed by atoms with Gasteiger partial charge in [-0.2, -0.15) is 0 Å². The topological polar surface area (TPSA) is 331 Å². The quantitative estimate of drug-likeness (QED) is 0.155. The van der Waals surface area contributed by atoms with Crippen molar-refractivity contribution in [3.8, 4) is 0 Å². The molecule has 16 nitrogen and oxygen atoms in total. The zero-order chi connectivity index (χ0) is 25.9.